The predicted molar refractivity (Wildman–Crippen MR) is 97.8 cm³/mol. The summed E-state index contributed by atoms with van der Waals surface area (Å²) < 4.78 is 65.9. The van der Waals surface area contributed by atoms with Crippen molar-refractivity contribution in [2.75, 3.05) is 0 Å². The lowest BCUT2D eigenvalue weighted by molar-refractivity contribution is -0.0500. The molecule has 0 saturated heterocycles. The summed E-state index contributed by atoms with van der Waals surface area (Å²) >= 11 is 0. The number of carboxylic acid groups (broad SMARTS) is 1. The number of hydrogen-bond donors (Lipinski definition) is 1. The Morgan fingerprint density at radius 3 is 2.45 bits per heavy atom. The maximum atomic E-state index is 12.8. The molecule has 0 aliphatic heterocycles. The number of benzene rings is 1. The van der Waals surface area contributed by atoms with Crippen molar-refractivity contribution in [2.45, 2.75) is 19.0 Å². The maximum Gasteiger partial charge on any atom is 0.534 e. The molecule has 0 atom stereocenters. The van der Waals surface area contributed by atoms with Gasteiger partial charge in [-0.15, -0.1) is 4.73 Å². The van der Waals surface area contributed by atoms with Gasteiger partial charge in [-0.1, -0.05) is 30.3 Å². The molecule has 0 amide bonds. The number of nitrogens with zero attached hydrogens (tertiary/aromatic N) is 3. The summed E-state index contributed by atoms with van der Waals surface area (Å²) in [4.78, 5) is 37.4. The first-order chi connectivity index (χ1) is 14.4. The molecule has 0 spiro atoms. The van der Waals surface area contributed by atoms with Crippen LogP contribution in [0, 0.1) is 6.92 Å². The molecular weight excluding hydrogens is 447 g/mol. The van der Waals surface area contributed by atoms with Crippen LogP contribution in [0.4, 0.5) is 13.2 Å². The largest absolute Gasteiger partial charge is 0.534 e. The molecule has 1 N–H and O–H groups in total. The van der Waals surface area contributed by atoms with E-state index < -0.39 is 49.5 Å². The highest BCUT2D eigenvalue weighted by molar-refractivity contribution is 7.88. The number of fused-ring (bicyclic) bond motifs is 1. The van der Waals surface area contributed by atoms with Gasteiger partial charge in [0.1, 0.15) is 12.4 Å². The van der Waals surface area contributed by atoms with E-state index in [9.17, 15) is 36.3 Å². The van der Waals surface area contributed by atoms with Gasteiger partial charge in [-0.25, -0.2) is 14.8 Å². The summed E-state index contributed by atoms with van der Waals surface area (Å²) in [5, 5.41) is 8.81. The van der Waals surface area contributed by atoms with Crippen molar-refractivity contribution < 1.29 is 40.5 Å². The second-order valence-electron chi connectivity index (χ2n) is 6.01. The van der Waals surface area contributed by atoms with Crippen LogP contribution in [0.2, 0.25) is 0 Å². The Morgan fingerprint density at radius 2 is 1.87 bits per heavy atom. The third-order valence-electron chi connectivity index (χ3n) is 3.84. The molecule has 0 bridgehead atoms. The van der Waals surface area contributed by atoms with Crippen LogP contribution < -0.4 is 14.6 Å². The standard InChI is InChI=1S/C17H12F3N3O7S/c1-9-21-7-11-13(30-31(27,28)17(18,19)20)12(16(25)26)15(24)23(14(11)22-9)29-8-10-5-3-2-4-6-10/h2-7H,8H2,1H3,(H,25,26). The average Bonchev–Trinajstić information content (AvgIpc) is 2.67. The zero-order chi connectivity index (χ0) is 23.0. The second kappa shape index (κ2) is 7.86. The van der Waals surface area contributed by atoms with Gasteiger partial charge in [0.05, 0.1) is 5.39 Å². The van der Waals surface area contributed by atoms with E-state index in [0.717, 1.165) is 6.20 Å². The smallest absolute Gasteiger partial charge is 0.477 e. The number of rotatable bonds is 6. The summed E-state index contributed by atoms with van der Waals surface area (Å²) in [7, 11) is -6.30. The first kappa shape index (κ1) is 22.0. The molecule has 0 aliphatic rings. The van der Waals surface area contributed by atoms with Crippen LogP contribution in [0.5, 0.6) is 5.75 Å². The second-order valence-corrected chi connectivity index (χ2v) is 7.54. The molecule has 1 aromatic carbocycles. The summed E-state index contributed by atoms with van der Waals surface area (Å²) in [6.07, 6.45) is 0.827. The van der Waals surface area contributed by atoms with Crippen molar-refractivity contribution in [1.29, 1.82) is 0 Å². The molecule has 3 aromatic rings. The number of halogens is 3. The minimum Gasteiger partial charge on any atom is -0.477 e. The summed E-state index contributed by atoms with van der Waals surface area (Å²) in [6, 6.07) is 8.34. The average molecular weight is 459 g/mol. The van der Waals surface area contributed by atoms with Gasteiger partial charge >= 0.3 is 27.2 Å². The molecule has 0 aliphatic carbocycles. The molecular formula is C17H12F3N3O7S. The molecule has 164 valence electrons. The van der Waals surface area contributed by atoms with Crippen LogP contribution in [0.15, 0.2) is 41.3 Å². The van der Waals surface area contributed by atoms with E-state index in [2.05, 4.69) is 14.2 Å². The highest BCUT2D eigenvalue weighted by atomic mass is 32.2. The lowest BCUT2D eigenvalue weighted by Crippen LogP contribution is -2.35. The van der Waals surface area contributed by atoms with Gasteiger partial charge in [-0.2, -0.15) is 21.6 Å². The van der Waals surface area contributed by atoms with E-state index in [-0.39, 0.29) is 12.4 Å². The first-order valence-electron chi connectivity index (χ1n) is 8.26. The number of carboxylic acids is 1. The first-order valence-corrected chi connectivity index (χ1v) is 9.67. The van der Waals surface area contributed by atoms with E-state index in [1.807, 2.05) is 0 Å². The molecule has 14 heteroatoms. The summed E-state index contributed by atoms with van der Waals surface area (Å²) in [5.74, 6) is -3.38. The third-order valence-corrected chi connectivity index (χ3v) is 4.80. The van der Waals surface area contributed by atoms with Crippen molar-refractivity contribution in [2.24, 2.45) is 0 Å². The van der Waals surface area contributed by atoms with E-state index in [0.29, 0.717) is 10.3 Å². The third kappa shape index (κ3) is 4.28. The van der Waals surface area contributed by atoms with E-state index >= 15 is 0 Å². The Balaban J connectivity index is 2.27. The van der Waals surface area contributed by atoms with Crippen LogP contribution in [0.25, 0.3) is 11.0 Å². The summed E-state index contributed by atoms with van der Waals surface area (Å²) in [5.41, 5.74) is -8.67. The number of aryl methyl sites for hydroxylation is 1. The highest BCUT2D eigenvalue weighted by Gasteiger charge is 2.49. The Bertz CT molecular complexity index is 1320. The summed E-state index contributed by atoms with van der Waals surface area (Å²) in [6.45, 7) is 1.14. The molecule has 0 radical (unpaired) electrons. The molecule has 0 unspecified atom stereocenters. The number of hydrogen-bond acceptors (Lipinski definition) is 8. The lowest BCUT2D eigenvalue weighted by Gasteiger charge is -2.16. The molecule has 2 heterocycles. The van der Waals surface area contributed by atoms with Gasteiger partial charge in [0, 0.05) is 6.20 Å². The van der Waals surface area contributed by atoms with Gasteiger partial charge in [0.25, 0.3) is 0 Å². The van der Waals surface area contributed by atoms with Crippen molar-refractivity contribution in [3.63, 3.8) is 0 Å². The van der Waals surface area contributed by atoms with Gasteiger partial charge in [0.15, 0.2) is 17.0 Å². The zero-order valence-corrected chi connectivity index (χ0v) is 16.3. The van der Waals surface area contributed by atoms with E-state index in [1.165, 1.54) is 6.92 Å². The molecule has 3 rings (SSSR count). The van der Waals surface area contributed by atoms with Gasteiger partial charge in [0.2, 0.25) is 0 Å². The number of aromatic carboxylic acids is 1. The number of alkyl halides is 3. The molecule has 10 nitrogen and oxygen atoms in total. The van der Waals surface area contributed by atoms with E-state index in [1.54, 1.807) is 30.3 Å². The highest BCUT2D eigenvalue weighted by Crippen LogP contribution is 2.32. The van der Waals surface area contributed by atoms with Crippen LogP contribution in [-0.2, 0) is 16.7 Å². The number of pyridine rings is 1. The maximum absolute atomic E-state index is 12.8. The monoisotopic (exact) mass is 459 g/mol. The van der Waals surface area contributed by atoms with Gasteiger partial charge in [-0.3, -0.25) is 4.79 Å². The minimum absolute atomic E-state index is 0.0386. The van der Waals surface area contributed by atoms with Gasteiger partial charge in [-0.05, 0) is 12.5 Å². The normalized spacial score (nSPS) is 12.0. The topological polar surface area (TPSA) is 138 Å². The van der Waals surface area contributed by atoms with Crippen molar-refractivity contribution in [3.05, 3.63) is 63.8 Å². The SMILES string of the molecule is Cc1ncc2c(OS(=O)(=O)C(F)(F)F)c(C(=O)O)c(=O)n(OCc3ccccc3)c2n1. The Hall–Kier alpha value is -3.68. The Morgan fingerprint density at radius 1 is 1.23 bits per heavy atom. The van der Waals surface area contributed by atoms with Crippen LogP contribution in [0.3, 0.4) is 0 Å². The fourth-order valence-electron chi connectivity index (χ4n) is 2.47. The van der Waals surface area contributed by atoms with Crippen molar-refractivity contribution >= 4 is 27.1 Å². The van der Waals surface area contributed by atoms with Crippen LogP contribution in [0.1, 0.15) is 21.7 Å². The van der Waals surface area contributed by atoms with Crippen LogP contribution >= 0.6 is 0 Å². The Kier molecular flexibility index (Phi) is 5.59. The zero-order valence-electron chi connectivity index (χ0n) is 15.5. The lowest BCUT2D eigenvalue weighted by atomic mass is 10.2. The van der Waals surface area contributed by atoms with E-state index in [4.69, 9.17) is 4.84 Å². The predicted octanol–water partition coefficient (Wildman–Crippen LogP) is 1.66. The van der Waals surface area contributed by atoms with Crippen molar-refractivity contribution in [1.82, 2.24) is 14.7 Å². The van der Waals surface area contributed by atoms with Gasteiger partial charge < -0.3 is 14.1 Å². The minimum atomic E-state index is -6.30. The fraction of sp³-hybridized carbons (Fsp3) is 0.176. The fourth-order valence-corrected chi connectivity index (χ4v) is 2.95. The Labute approximate surface area is 171 Å². The number of aromatic nitrogens is 3. The van der Waals surface area contributed by atoms with Crippen LogP contribution in [-0.4, -0.2) is 39.7 Å². The molecule has 31 heavy (non-hydrogen) atoms. The number of carbonyl (C=O) groups is 1. The van der Waals surface area contributed by atoms with Crippen molar-refractivity contribution in [3.8, 4) is 5.75 Å². The molecule has 2 aromatic heterocycles. The molecule has 0 saturated carbocycles. The quantitative estimate of drug-likeness (QED) is 0.431. The molecule has 0 fully saturated rings.